The van der Waals surface area contributed by atoms with E-state index in [-0.39, 0.29) is 30.9 Å². The predicted octanol–water partition coefficient (Wildman–Crippen LogP) is 0.387. The Morgan fingerprint density at radius 3 is 2.30 bits per heavy atom. The average Bonchev–Trinajstić information content (AvgIpc) is 3.36. The molecule has 4 N–H and O–H groups in total. The maximum absolute atomic E-state index is 13.1. The molecule has 0 bridgehead atoms. The van der Waals surface area contributed by atoms with Crippen LogP contribution >= 0.6 is 11.6 Å². The lowest BCUT2D eigenvalue weighted by atomic mass is 10.0. The van der Waals surface area contributed by atoms with Gasteiger partial charge in [-0.2, -0.15) is 0 Å². The van der Waals surface area contributed by atoms with E-state index in [0.29, 0.717) is 19.4 Å². The summed E-state index contributed by atoms with van der Waals surface area (Å²) in [6.45, 7) is 3.20. The molecule has 4 amide bonds. The molecule has 0 aromatic heterocycles. The van der Waals surface area contributed by atoms with Crippen molar-refractivity contribution in [2.75, 3.05) is 12.4 Å². The molecule has 37 heavy (non-hydrogen) atoms. The SMILES string of the molecule is C[C@H](NC(=O)CCC(=O)O)C(=O)N[C@@H](C)C(=O)N1CCC[C@H]1C(=O)N[C@@H](Cc1ccccc1)C(=O)CCl. The Labute approximate surface area is 220 Å². The second-order valence-electron chi connectivity index (χ2n) is 8.95. The summed E-state index contributed by atoms with van der Waals surface area (Å²) in [6.07, 6.45) is 0.607. The fraction of sp³-hybridized carbons (Fsp3) is 0.520. The number of aliphatic carboxylic acids is 1. The van der Waals surface area contributed by atoms with Crippen molar-refractivity contribution in [2.45, 2.75) is 70.1 Å². The quantitative estimate of drug-likeness (QED) is 0.265. The lowest BCUT2D eigenvalue weighted by Crippen LogP contribution is -2.56. The van der Waals surface area contributed by atoms with Gasteiger partial charge in [0.1, 0.15) is 18.1 Å². The van der Waals surface area contributed by atoms with Crippen LogP contribution < -0.4 is 16.0 Å². The minimum atomic E-state index is -1.13. The van der Waals surface area contributed by atoms with Crippen LogP contribution in [0.5, 0.6) is 0 Å². The molecule has 1 saturated heterocycles. The summed E-state index contributed by atoms with van der Waals surface area (Å²) < 4.78 is 0. The third-order valence-electron chi connectivity index (χ3n) is 6.02. The number of likely N-dealkylation sites (tertiary alicyclic amines) is 1. The molecule has 1 aromatic carbocycles. The molecule has 12 heteroatoms. The van der Waals surface area contributed by atoms with E-state index in [1.54, 1.807) is 0 Å². The molecular formula is C25H33ClN4O7. The van der Waals surface area contributed by atoms with Gasteiger partial charge in [-0.05, 0) is 38.7 Å². The number of Topliss-reactive ketones (excluding diaryl/α,β-unsaturated/α-hetero) is 1. The fourth-order valence-corrected chi connectivity index (χ4v) is 4.19. The number of amides is 4. The molecule has 1 aliphatic rings. The molecule has 1 heterocycles. The van der Waals surface area contributed by atoms with Gasteiger partial charge in [-0.25, -0.2) is 0 Å². The second kappa shape index (κ2) is 14.3. The standard InChI is InChI=1S/C25H33ClN4O7/c1-15(27-21(32)10-11-22(33)34)23(35)28-16(2)25(37)30-12-6-9-19(30)24(36)29-18(20(31)14-26)13-17-7-4-3-5-8-17/h3-5,7-8,15-16,18-19H,6,9-14H2,1-2H3,(H,27,32)(H,28,35)(H,29,36)(H,33,34)/t15-,16-,18-,19-/m0/s1. The summed E-state index contributed by atoms with van der Waals surface area (Å²) in [5.74, 6) is -3.90. The van der Waals surface area contributed by atoms with E-state index in [9.17, 15) is 28.8 Å². The smallest absolute Gasteiger partial charge is 0.303 e. The minimum absolute atomic E-state index is 0.265. The first-order valence-electron chi connectivity index (χ1n) is 12.1. The number of carboxylic acids is 1. The van der Waals surface area contributed by atoms with Gasteiger partial charge in [0.05, 0.1) is 18.3 Å². The van der Waals surface area contributed by atoms with Crippen molar-refractivity contribution in [1.29, 1.82) is 0 Å². The van der Waals surface area contributed by atoms with Gasteiger partial charge >= 0.3 is 5.97 Å². The predicted molar refractivity (Wildman–Crippen MR) is 135 cm³/mol. The lowest BCUT2D eigenvalue weighted by Gasteiger charge is -2.29. The van der Waals surface area contributed by atoms with E-state index in [4.69, 9.17) is 16.7 Å². The number of alkyl halides is 1. The number of nitrogens with zero attached hydrogens (tertiary/aromatic N) is 1. The van der Waals surface area contributed by atoms with Crippen molar-refractivity contribution in [1.82, 2.24) is 20.9 Å². The van der Waals surface area contributed by atoms with Gasteiger partial charge in [0.15, 0.2) is 5.78 Å². The second-order valence-corrected chi connectivity index (χ2v) is 9.22. The highest BCUT2D eigenvalue weighted by atomic mass is 35.5. The van der Waals surface area contributed by atoms with Crippen molar-refractivity contribution in [3.8, 4) is 0 Å². The van der Waals surface area contributed by atoms with E-state index in [0.717, 1.165) is 5.56 Å². The molecule has 4 atom stereocenters. The number of ketones is 1. The van der Waals surface area contributed by atoms with Crippen molar-refractivity contribution in [2.24, 2.45) is 0 Å². The summed E-state index contributed by atoms with van der Waals surface area (Å²) in [5.41, 5.74) is 0.853. The maximum atomic E-state index is 13.1. The van der Waals surface area contributed by atoms with Crippen molar-refractivity contribution >= 4 is 47.0 Å². The van der Waals surface area contributed by atoms with Crippen LogP contribution in [0.2, 0.25) is 0 Å². The summed E-state index contributed by atoms with van der Waals surface area (Å²) in [6, 6.07) is 5.56. The Balaban J connectivity index is 1.97. The number of hydrogen-bond donors (Lipinski definition) is 4. The van der Waals surface area contributed by atoms with Crippen LogP contribution in [-0.4, -0.2) is 82.0 Å². The Morgan fingerprint density at radius 1 is 1.00 bits per heavy atom. The van der Waals surface area contributed by atoms with Gasteiger partial charge in [0.2, 0.25) is 23.6 Å². The highest BCUT2D eigenvalue weighted by Crippen LogP contribution is 2.19. The first-order chi connectivity index (χ1) is 17.5. The summed E-state index contributed by atoms with van der Waals surface area (Å²) >= 11 is 5.76. The van der Waals surface area contributed by atoms with E-state index in [2.05, 4.69) is 16.0 Å². The first-order valence-corrected chi connectivity index (χ1v) is 12.6. The Morgan fingerprint density at radius 2 is 1.68 bits per heavy atom. The van der Waals surface area contributed by atoms with Crippen LogP contribution in [0.1, 0.15) is 45.1 Å². The zero-order valence-electron chi connectivity index (χ0n) is 20.9. The number of carbonyl (C=O) groups excluding carboxylic acids is 5. The summed E-state index contributed by atoms with van der Waals surface area (Å²) in [7, 11) is 0. The molecule has 11 nitrogen and oxygen atoms in total. The average molecular weight is 537 g/mol. The molecule has 0 unspecified atom stereocenters. The Hall–Kier alpha value is -3.47. The largest absolute Gasteiger partial charge is 0.481 e. The molecule has 1 aromatic rings. The number of hydrogen-bond acceptors (Lipinski definition) is 6. The Bertz CT molecular complexity index is 1000. The molecule has 0 aliphatic carbocycles. The van der Waals surface area contributed by atoms with Gasteiger partial charge in [0, 0.05) is 13.0 Å². The summed E-state index contributed by atoms with van der Waals surface area (Å²) in [4.78, 5) is 74.7. The van der Waals surface area contributed by atoms with Gasteiger partial charge in [-0.3, -0.25) is 28.8 Å². The zero-order chi connectivity index (χ0) is 27.5. The van der Waals surface area contributed by atoms with Crippen LogP contribution in [0.4, 0.5) is 0 Å². The number of benzene rings is 1. The third-order valence-corrected chi connectivity index (χ3v) is 6.29. The number of carboxylic acid groups (broad SMARTS) is 1. The van der Waals surface area contributed by atoms with Crippen LogP contribution in [0.15, 0.2) is 30.3 Å². The Kier molecular flexibility index (Phi) is 11.5. The van der Waals surface area contributed by atoms with E-state index < -0.39 is 53.8 Å². The highest BCUT2D eigenvalue weighted by molar-refractivity contribution is 6.28. The van der Waals surface area contributed by atoms with Gasteiger partial charge < -0.3 is 26.0 Å². The molecule has 0 radical (unpaired) electrons. The topological polar surface area (TPSA) is 162 Å². The molecule has 1 aliphatic heterocycles. The molecule has 0 saturated carbocycles. The minimum Gasteiger partial charge on any atom is -0.481 e. The number of rotatable bonds is 13. The van der Waals surface area contributed by atoms with Gasteiger partial charge in [-0.15, -0.1) is 11.6 Å². The molecule has 2 rings (SSSR count). The van der Waals surface area contributed by atoms with Gasteiger partial charge in [0.25, 0.3) is 0 Å². The summed E-state index contributed by atoms with van der Waals surface area (Å²) in [5, 5.41) is 16.3. The lowest BCUT2D eigenvalue weighted by molar-refractivity contribution is -0.142. The monoisotopic (exact) mass is 536 g/mol. The molecule has 1 fully saturated rings. The zero-order valence-corrected chi connectivity index (χ0v) is 21.6. The van der Waals surface area contributed by atoms with Crippen molar-refractivity contribution in [3.05, 3.63) is 35.9 Å². The van der Waals surface area contributed by atoms with Gasteiger partial charge in [-0.1, -0.05) is 30.3 Å². The van der Waals surface area contributed by atoms with Crippen molar-refractivity contribution in [3.63, 3.8) is 0 Å². The van der Waals surface area contributed by atoms with Crippen molar-refractivity contribution < 1.29 is 33.9 Å². The van der Waals surface area contributed by atoms with Crippen LogP contribution in [0, 0.1) is 0 Å². The van der Waals surface area contributed by atoms with Crippen LogP contribution in [-0.2, 0) is 35.2 Å². The van der Waals surface area contributed by atoms with Crippen LogP contribution in [0.25, 0.3) is 0 Å². The molecular weight excluding hydrogens is 504 g/mol. The van der Waals surface area contributed by atoms with E-state index in [1.807, 2.05) is 30.3 Å². The van der Waals surface area contributed by atoms with E-state index in [1.165, 1.54) is 18.7 Å². The number of carbonyl (C=O) groups is 6. The third kappa shape index (κ3) is 9.16. The molecule has 202 valence electrons. The first kappa shape index (κ1) is 29.8. The van der Waals surface area contributed by atoms with E-state index >= 15 is 0 Å². The molecule has 0 spiro atoms. The highest BCUT2D eigenvalue weighted by Gasteiger charge is 2.38. The number of halogens is 1. The maximum Gasteiger partial charge on any atom is 0.303 e. The number of nitrogens with one attached hydrogen (secondary N) is 3. The van der Waals surface area contributed by atoms with Crippen LogP contribution in [0.3, 0.4) is 0 Å². The normalized spacial score (nSPS) is 17.3. The fourth-order valence-electron chi connectivity index (χ4n) is 4.01.